The monoisotopic (exact) mass is 302 g/mol. The highest BCUT2D eigenvalue weighted by Crippen LogP contribution is 2.17. The normalized spacial score (nSPS) is 10.5. The summed E-state index contributed by atoms with van der Waals surface area (Å²) in [6.07, 6.45) is 1.31. The van der Waals surface area contributed by atoms with Crippen LogP contribution >= 0.6 is 0 Å². The number of amides is 1. The Morgan fingerprint density at radius 2 is 1.95 bits per heavy atom. The molecule has 0 saturated carbocycles. The van der Waals surface area contributed by atoms with Crippen LogP contribution in [0.15, 0.2) is 30.6 Å². The van der Waals surface area contributed by atoms with Crippen LogP contribution in [0.1, 0.15) is 35.9 Å². The fourth-order valence-electron chi connectivity index (χ4n) is 1.85. The van der Waals surface area contributed by atoms with Gasteiger partial charge in [-0.3, -0.25) is 4.79 Å². The molecule has 1 heterocycles. The molecule has 0 spiro atoms. The van der Waals surface area contributed by atoms with Crippen molar-refractivity contribution in [2.45, 2.75) is 26.3 Å². The van der Waals surface area contributed by atoms with Gasteiger partial charge in [-0.05, 0) is 23.6 Å². The summed E-state index contributed by atoms with van der Waals surface area (Å²) in [6, 6.07) is 7.67. The predicted octanol–water partition coefficient (Wildman–Crippen LogP) is 1.83. The highest BCUT2D eigenvalue weighted by Gasteiger charge is 2.12. The summed E-state index contributed by atoms with van der Waals surface area (Å²) in [5, 5.41) is 6.64. The van der Waals surface area contributed by atoms with Crippen molar-refractivity contribution in [2.24, 2.45) is 0 Å². The SMILES string of the molecule is COC(=O)c1ncn(CC(=O)Nc2ccc(C(C)C)cc2)n1. The van der Waals surface area contributed by atoms with E-state index in [1.165, 1.54) is 23.7 Å². The number of ether oxygens (including phenoxy) is 1. The maximum Gasteiger partial charge on any atom is 0.377 e. The second-order valence-electron chi connectivity index (χ2n) is 5.08. The van der Waals surface area contributed by atoms with Gasteiger partial charge < -0.3 is 10.1 Å². The van der Waals surface area contributed by atoms with E-state index in [1.54, 1.807) is 0 Å². The lowest BCUT2D eigenvalue weighted by Gasteiger charge is -2.08. The molecule has 1 aromatic heterocycles. The Balaban J connectivity index is 1.95. The van der Waals surface area contributed by atoms with Crippen LogP contribution in [0, 0.1) is 0 Å². The lowest BCUT2D eigenvalue weighted by molar-refractivity contribution is -0.116. The van der Waals surface area contributed by atoms with Gasteiger partial charge in [-0.2, -0.15) is 0 Å². The third-order valence-corrected chi connectivity index (χ3v) is 3.07. The molecule has 2 aromatic rings. The Morgan fingerprint density at radius 3 is 2.55 bits per heavy atom. The molecule has 7 nitrogen and oxygen atoms in total. The van der Waals surface area contributed by atoms with Gasteiger partial charge in [0.1, 0.15) is 12.9 Å². The summed E-state index contributed by atoms with van der Waals surface area (Å²) < 4.78 is 5.78. The molecule has 22 heavy (non-hydrogen) atoms. The highest BCUT2D eigenvalue weighted by atomic mass is 16.5. The van der Waals surface area contributed by atoms with Gasteiger partial charge in [0.15, 0.2) is 0 Å². The van der Waals surface area contributed by atoms with E-state index < -0.39 is 5.97 Å². The molecule has 0 fully saturated rings. The van der Waals surface area contributed by atoms with Crippen molar-refractivity contribution in [3.05, 3.63) is 42.0 Å². The largest absolute Gasteiger partial charge is 0.463 e. The molecule has 0 aliphatic heterocycles. The molecule has 0 unspecified atom stereocenters. The molecule has 2 rings (SSSR count). The molecule has 1 amide bonds. The summed E-state index contributed by atoms with van der Waals surface area (Å²) in [6.45, 7) is 4.18. The Morgan fingerprint density at radius 1 is 1.27 bits per heavy atom. The van der Waals surface area contributed by atoms with E-state index in [2.05, 4.69) is 34.0 Å². The number of carbonyl (C=O) groups excluding carboxylic acids is 2. The third-order valence-electron chi connectivity index (χ3n) is 3.07. The fourth-order valence-corrected chi connectivity index (χ4v) is 1.85. The van der Waals surface area contributed by atoms with Gasteiger partial charge in [0.25, 0.3) is 5.82 Å². The number of nitrogens with one attached hydrogen (secondary N) is 1. The molecule has 0 radical (unpaired) electrons. The molecule has 0 bridgehead atoms. The first-order chi connectivity index (χ1) is 10.5. The minimum Gasteiger partial charge on any atom is -0.463 e. The van der Waals surface area contributed by atoms with Crippen molar-refractivity contribution in [1.29, 1.82) is 0 Å². The summed E-state index contributed by atoms with van der Waals surface area (Å²) in [7, 11) is 1.25. The van der Waals surface area contributed by atoms with Crippen LogP contribution in [0.3, 0.4) is 0 Å². The molecule has 0 aliphatic carbocycles. The van der Waals surface area contributed by atoms with E-state index in [9.17, 15) is 9.59 Å². The average Bonchev–Trinajstić information content (AvgIpc) is 2.95. The second-order valence-corrected chi connectivity index (χ2v) is 5.08. The number of hydrogen-bond donors (Lipinski definition) is 1. The maximum atomic E-state index is 11.9. The molecule has 116 valence electrons. The quantitative estimate of drug-likeness (QED) is 0.851. The lowest BCUT2D eigenvalue weighted by Crippen LogP contribution is -2.19. The highest BCUT2D eigenvalue weighted by molar-refractivity contribution is 5.90. The Labute approximate surface area is 128 Å². The van der Waals surface area contributed by atoms with Crippen LogP contribution in [0.4, 0.5) is 5.69 Å². The van der Waals surface area contributed by atoms with Crippen LogP contribution in [0.25, 0.3) is 0 Å². The van der Waals surface area contributed by atoms with Crippen LogP contribution in [-0.4, -0.2) is 33.8 Å². The van der Waals surface area contributed by atoms with Gasteiger partial charge in [-0.1, -0.05) is 26.0 Å². The molecular weight excluding hydrogens is 284 g/mol. The van der Waals surface area contributed by atoms with Crippen molar-refractivity contribution >= 4 is 17.6 Å². The second kappa shape index (κ2) is 6.84. The number of benzene rings is 1. The van der Waals surface area contributed by atoms with Gasteiger partial charge in [0, 0.05) is 5.69 Å². The van der Waals surface area contributed by atoms with Crippen molar-refractivity contribution in [1.82, 2.24) is 14.8 Å². The smallest absolute Gasteiger partial charge is 0.377 e. The first-order valence-corrected chi connectivity index (χ1v) is 6.87. The Hall–Kier alpha value is -2.70. The van der Waals surface area contributed by atoms with E-state index in [-0.39, 0.29) is 18.3 Å². The lowest BCUT2D eigenvalue weighted by atomic mass is 10.0. The van der Waals surface area contributed by atoms with E-state index in [1.807, 2.05) is 24.3 Å². The Bertz CT molecular complexity index is 662. The molecule has 0 aliphatic rings. The minimum absolute atomic E-state index is 0.0318. The first-order valence-electron chi connectivity index (χ1n) is 6.87. The number of carbonyl (C=O) groups is 2. The molecule has 1 N–H and O–H groups in total. The van der Waals surface area contributed by atoms with E-state index in [0.717, 1.165) is 0 Å². The fraction of sp³-hybridized carbons (Fsp3) is 0.333. The Kier molecular flexibility index (Phi) is 4.88. The first kappa shape index (κ1) is 15.7. The van der Waals surface area contributed by atoms with Crippen molar-refractivity contribution < 1.29 is 14.3 Å². The van der Waals surface area contributed by atoms with Crippen molar-refractivity contribution in [2.75, 3.05) is 12.4 Å². The van der Waals surface area contributed by atoms with E-state index in [0.29, 0.717) is 11.6 Å². The average molecular weight is 302 g/mol. The summed E-state index contributed by atoms with van der Waals surface area (Å²) in [5.74, 6) is -0.518. The van der Waals surface area contributed by atoms with Gasteiger partial charge >= 0.3 is 5.97 Å². The summed E-state index contributed by atoms with van der Waals surface area (Å²) in [5.41, 5.74) is 1.92. The molecule has 0 saturated heterocycles. The number of nitrogens with zero attached hydrogens (tertiary/aromatic N) is 3. The number of aromatic nitrogens is 3. The summed E-state index contributed by atoms with van der Waals surface area (Å²) >= 11 is 0. The zero-order valence-corrected chi connectivity index (χ0v) is 12.7. The molecule has 7 heteroatoms. The number of methoxy groups -OCH3 is 1. The van der Waals surface area contributed by atoms with Gasteiger partial charge in [0.05, 0.1) is 7.11 Å². The van der Waals surface area contributed by atoms with E-state index in [4.69, 9.17) is 0 Å². The van der Waals surface area contributed by atoms with Gasteiger partial charge in [-0.15, -0.1) is 5.10 Å². The maximum absolute atomic E-state index is 11.9. The van der Waals surface area contributed by atoms with Crippen molar-refractivity contribution in [3.8, 4) is 0 Å². The van der Waals surface area contributed by atoms with Gasteiger partial charge in [-0.25, -0.2) is 14.5 Å². The van der Waals surface area contributed by atoms with Crippen LogP contribution in [-0.2, 0) is 16.1 Å². The van der Waals surface area contributed by atoms with Crippen LogP contribution in [0.5, 0.6) is 0 Å². The molecule has 0 atom stereocenters. The third kappa shape index (κ3) is 3.91. The number of hydrogen-bond acceptors (Lipinski definition) is 5. The molecular formula is C15H18N4O3. The number of rotatable bonds is 5. The zero-order valence-electron chi connectivity index (χ0n) is 12.7. The van der Waals surface area contributed by atoms with Crippen LogP contribution in [0.2, 0.25) is 0 Å². The van der Waals surface area contributed by atoms with Crippen LogP contribution < -0.4 is 5.32 Å². The number of esters is 1. The van der Waals surface area contributed by atoms with E-state index >= 15 is 0 Å². The standard InChI is InChI=1S/C15H18N4O3/c1-10(2)11-4-6-12(7-5-11)17-13(20)8-19-9-16-14(18-19)15(21)22-3/h4-7,9-10H,8H2,1-3H3,(H,17,20). The summed E-state index contributed by atoms with van der Waals surface area (Å²) in [4.78, 5) is 26.9. The van der Waals surface area contributed by atoms with Crippen molar-refractivity contribution in [3.63, 3.8) is 0 Å². The van der Waals surface area contributed by atoms with Gasteiger partial charge in [0.2, 0.25) is 5.91 Å². The molecule has 1 aromatic carbocycles. The minimum atomic E-state index is -0.636. The topological polar surface area (TPSA) is 86.1 Å². The predicted molar refractivity (Wildman–Crippen MR) is 80.5 cm³/mol. The zero-order chi connectivity index (χ0) is 16.1. The number of anilines is 1.